The van der Waals surface area contributed by atoms with Crippen LogP contribution in [0.25, 0.3) is 11.8 Å². The number of rotatable bonds is 4. The van der Waals surface area contributed by atoms with Crippen LogP contribution in [0, 0.1) is 19.7 Å². The Morgan fingerprint density at radius 2 is 2.00 bits per heavy atom. The first-order chi connectivity index (χ1) is 12.2. The summed E-state index contributed by atoms with van der Waals surface area (Å²) in [7, 11) is -3.03. The minimum absolute atomic E-state index is 0.00681. The van der Waals surface area contributed by atoms with E-state index in [9.17, 15) is 17.6 Å². The number of nitrogens with zero attached hydrogens (tertiary/aromatic N) is 2. The quantitative estimate of drug-likeness (QED) is 0.826. The summed E-state index contributed by atoms with van der Waals surface area (Å²) in [4.78, 5) is 12.1. The van der Waals surface area contributed by atoms with E-state index in [1.165, 1.54) is 18.2 Å². The molecule has 0 bridgehead atoms. The van der Waals surface area contributed by atoms with E-state index in [-0.39, 0.29) is 29.3 Å². The third-order valence-corrected chi connectivity index (χ3v) is 6.17. The van der Waals surface area contributed by atoms with Gasteiger partial charge in [-0.25, -0.2) is 17.5 Å². The average molecular weight is 377 g/mol. The van der Waals surface area contributed by atoms with Crippen molar-refractivity contribution >= 4 is 21.8 Å². The van der Waals surface area contributed by atoms with E-state index in [1.807, 2.05) is 13.8 Å². The minimum Gasteiger partial charge on any atom is -0.349 e. The summed E-state index contributed by atoms with van der Waals surface area (Å²) >= 11 is 0. The predicted octanol–water partition coefficient (Wildman–Crippen LogP) is 1.94. The van der Waals surface area contributed by atoms with Gasteiger partial charge in [0.1, 0.15) is 5.82 Å². The van der Waals surface area contributed by atoms with Crippen molar-refractivity contribution in [2.45, 2.75) is 26.3 Å². The summed E-state index contributed by atoms with van der Waals surface area (Å²) in [6.07, 6.45) is 3.50. The molecule has 1 saturated heterocycles. The molecular formula is C18H20FN3O3S. The maximum atomic E-state index is 13.1. The monoisotopic (exact) mass is 377 g/mol. The molecule has 0 saturated carbocycles. The Labute approximate surface area is 151 Å². The highest BCUT2D eigenvalue weighted by Gasteiger charge is 2.28. The lowest BCUT2D eigenvalue weighted by molar-refractivity contribution is -0.116. The fraction of sp³-hybridized carbons (Fsp3) is 0.333. The normalized spacial score (nSPS) is 19.1. The van der Waals surface area contributed by atoms with Crippen LogP contribution in [-0.4, -0.2) is 41.7 Å². The van der Waals surface area contributed by atoms with Crippen LogP contribution in [0.2, 0.25) is 0 Å². The lowest BCUT2D eigenvalue weighted by Gasteiger charge is -2.08. The second kappa shape index (κ2) is 7.03. The number of nitrogens with one attached hydrogen (secondary N) is 1. The molecule has 138 valence electrons. The van der Waals surface area contributed by atoms with Crippen molar-refractivity contribution in [1.29, 1.82) is 0 Å². The number of carbonyl (C=O) groups excluding carboxylic acids is 1. The first-order valence-corrected chi connectivity index (χ1v) is 10.1. The van der Waals surface area contributed by atoms with Gasteiger partial charge in [0.05, 0.1) is 22.9 Å². The van der Waals surface area contributed by atoms with E-state index < -0.39 is 9.84 Å². The van der Waals surface area contributed by atoms with Crippen LogP contribution in [0.4, 0.5) is 4.39 Å². The van der Waals surface area contributed by atoms with Gasteiger partial charge in [-0.15, -0.1) is 0 Å². The fourth-order valence-electron chi connectivity index (χ4n) is 3.05. The zero-order valence-corrected chi connectivity index (χ0v) is 15.4. The summed E-state index contributed by atoms with van der Waals surface area (Å²) in [5.74, 6) is -0.543. The Balaban J connectivity index is 1.74. The highest BCUT2D eigenvalue weighted by molar-refractivity contribution is 7.91. The van der Waals surface area contributed by atoms with Crippen molar-refractivity contribution in [2.75, 3.05) is 11.5 Å². The summed E-state index contributed by atoms with van der Waals surface area (Å²) in [5, 5.41) is 7.16. The lowest BCUT2D eigenvalue weighted by atomic mass is 10.1. The van der Waals surface area contributed by atoms with Gasteiger partial charge >= 0.3 is 0 Å². The van der Waals surface area contributed by atoms with Gasteiger partial charge in [0.2, 0.25) is 5.91 Å². The first kappa shape index (κ1) is 18.3. The van der Waals surface area contributed by atoms with Crippen molar-refractivity contribution in [3.05, 3.63) is 53.1 Å². The Morgan fingerprint density at radius 1 is 1.31 bits per heavy atom. The molecular weight excluding hydrogens is 357 g/mol. The zero-order valence-electron chi connectivity index (χ0n) is 14.6. The molecule has 1 aliphatic rings. The summed E-state index contributed by atoms with van der Waals surface area (Å²) in [6.45, 7) is 3.69. The zero-order chi connectivity index (χ0) is 18.9. The first-order valence-electron chi connectivity index (χ1n) is 8.26. The molecule has 3 rings (SSSR count). The van der Waals surface area contributed by atoms with Crippen molar-refractivity contribution in [3.8, 4) is 5.69 Å². The molecule has 1 fully saturated rings. The minimum atomic E-state index is -3.03. The van der Waals surface area contributed by atoms with E-state index in [4.69, 9.17) is 0 Å². The predicted molar refractivity (Wildman–Crippen MR) is 97.2 cm³/mol. The number of carbonyl (C=O) groups is 1. The molecule has 2 aromatic rings. The number of aryl methyl sites for hydroxylation is 1. The van der Waals surface area contributed by atoms with E-state index in [2.05, 4.69) is 10.4 Å². The van der Waals surface area contributed by atoms with Crippen LogP contribution < -0.4 is 5.32 Å². The molecule has 1 atom stereocenters. The summed E-state index contributed by atoms with van der Waals surface area (Å²) in [5.41, 5.74) is 3.08. The Bertz CT molecular complexity index is 962. The van der Waals surface area contributed by atoms with Crippen LogP contribution in [-0.2, 0) is 14.6 Å². The Hall–Kier alpha value is -2.48. The van der Waals surface area contributed by atoms with Gasteiger partial charge in [-0.3, -0.25) is 4.79 Å². The second-order valence-electron chi connectivity index (χ2n) is 6.41. The molecule has 1 unspecified atom stereocenters. The van der Waals surface area contributed by atoms with Gasteiger partial charge in [-0.2, -0.15) is 5.10 Å². The van der Waals surface area contributed by atoms with E-state index in [0.29, 0.717) is 6.42 Å². The second-order valence-corrected chi connectivity index (χ2v) is 8.64. The summed E-state index contributed by atoms with van der Waals surface area (Å²) < 4.78 is 37.7. The molecule has 0 spiro atoms. The van der Waals surface area contributed by atoms with Gasteiger partial charge in [0.25, 0.3) is 0 Å². The molecule has 0 aliphatic carbocycles. The highest BCUT2D eigenvalue weighted by atomic mass is 32.2. The molecule has 1 N–H and O–H groups in total. The summed E-state index contributed by atoms with van der Waals surface area (Å²) in [6, 6.07) is 5.67. The Morgan fingerprint density at radius 3 is 2.62 bits per heavy atom. The molecule has 1 aliphatic heterocycles. The molecule has 1 aromatic carbocycles. The van der Waals surface area contributed by atoms with Gasteiger partial charge < -0.3 is 5.32 Å². The molecule has 26 heavy (non-hydrogen) atoms. The van der Waals surface area contributed by atoms with Crippen LogP contribution >= 0.6 is 0 Å². The van der Waals surface area contributed by atoms with Crippen molar-refractivity contribution in [2.24, 2.45) is 0 Å². The smallest absolute Gasteiger partial charge is 0.244 e. The highest BCUT2D eigenvalue weighted by Crippen LogP contribution is 2.19. The fourth-order valence-corrected chi connectivity index (χ4v) is 4.72. The molecule has 1 amide bonds. The number of aromatic nitrogens is 2. The number of hydrogen-bond acceptors (Lipinski definition) is 4. The topological polar surface area (TPSA) is 81.1 Å². The molecule has 1 aromatic heterocycles. The standard InChI is InChI=1S/C18H20FN3O3S/c1-12-17(7-8-18(23)20-15-9-10-26(24,25)11-15)13(2)22(21-12)16-5-3-14(19)4-6-16/h3-8,15H,9-11H2,1-2H3,(H,20,23)/b8-7+. The molecule has 8 heteroatoms. The van der Waals surface area contributed by atoms with Gasteiger partial charge in [0, 0.05) is 23.4 Å². The third kappa shape index (κ3) is 4.01. The van der Waals surface area contributed by atoms with Gasteiger partial charge in [0.15, 0.2) is 9.84 Å². The molecule has 2 heterocycles. The maximum absolute atomic E-state index is 13.1. The van der Waals surface area contributed by atoms with E-state index in [0.717, 1.165) is 22.6 Å². The molecule has 6 nitrogen and oxygen atoms in total. The number of amides is 1. The van der Waals surface area contributed by atoms with Crippen LogP contribution in [0.1, 0.15) is 23.4 Å². The Kier molecular flexibility index (Phi) is 4.95. The van der Waals surface area contributed by atoms with Crippen molar-refractivity contribution in [1.82, 2.24) is 15.1 Å². The number of benzene rings is 1. The van der Waals surface area contributed by atoms with Gasteiger partial charge in [-0.05, 0) is 50.6 Å². The van der Waals surface area contributed by atoms with Crippen LogP contribution in [0.5, 0.6) is 0 Å². The lowest BCUT2D eigenvalue weighted by Crippen LogP contribution is -2.34. The molecule has 0 radical (unpaired) electrons. The number of sulfone groups is 1. The van der Waals surface area contributed by atoms with E-state index >= 15 is 0 Å². The number of halogens is 1. The van der Waals surface area contributed by atoms with Crippen molar-refractivity contribution < 1.29 is 17.6 Å². The van der Waals surface area contributed by atoms with Crippen LogP contribution in [0.15, 0.2) is 30.3 Å². The van der Waals surface area contributed by atoms with Gasteiger partial charge in [-0.1, -0.05) is 0 Å². The number of hydrogen-bond donors (Lipinski definition) is 1. The SMILES string of the molecule is Cc1nn(-c2ccc(F)cc2)c(C)c1/C=C/C(=O)NC1CCS(=O)(=O)C1. The average Bonchev–Trinajstić information content (AvgIpc) is 3.05. The van der Waals surface area contributed by atoms with Crippen LogP contribution in [0.3, 0.4) is 0 Å². The van der Waals surface area contributed by atoms with E-state index in [1.54, 1.807) is 22.9 Å². The largest absolute Gasteiger partial charge is 0.349 e. The third-order valence-electron chi connectivity index (χ3n) is 4.40. The van der Waals surface area contributed by atoms with Crippen molar-refractivity contribution in [3.63, 3.8) is 0 Å². The maximum Gasteiger partial charge on any atom is 0.244 e.